The van der Waals surface area contributed by atoms with Crippen LogP contribution in [0.5, 0.6) is 11.5 Å². The molecule has 0 bridgehead atoms. The van der Waals surface area contributed by atoms with Gasteiger partial charge in [-0.3, -0.25) is 0 Å². The van der Waals surface area contributed by atoms with Crippen LogP contribution in [-0.4, -0.2) is 25.1 Å². The van der Waals surface area contributed by atoms with Crippen molar-refractivity contribution in [1.82, 2.24) is 0 Å². The molecule has 0 fully saturated rings. The van der Waals surface area contributed by atoms with Crippen molar-refractivity contribution in [2.45, 2.75) is 19.8 Å². The second-order valence-corrected chi connectivity index (χ2v) is 3.36. The van der Waals surface area contributed by atoms with Crippen LogP contribution < -0.4 is 9.47 Å². The van der Waals surface area contributed by atoms with Crippen molar-refractivity contribution in [3.05, 3.63) is 23.8 Å². The highest BCUT2D eigenvalue weighted by Gasteiger charge is 2.04. The highest BCUT2D eigenvalue weighted by atomic mass is 16.5. The first-order valence-corrected chi connectivity index (χ1v) is 5.30. The second-order valence-electron chi connectivity index (χ2n) is 3.36. The first kappa shape index (κ1) is 12.4. The summed E-state index contributed by atoms with van der Waals surface area (Å²) in [6.07, 6.45) is 3.46. The molecule has 0 spiro atoms. The summed E-state index contributed by atoms with van der Waals surface area (Å²) in [5, 5.41) is 11.4. The van der Waals surface area contributed by atoms with E-state index in [4.69, 9.17) is 14.7 Å². The summed E-state index contributed by atoms with van der Waals surface area (Å²) in [6.45, 7) is 2.79. The first-order chi connectivity index (χ1) is 7.81. The number of methoxy groups -OCH3 is 1. The van der Waals surface area contributed by atoms with Gasteiger partial charge in [-0.05, 0) is 24.6 Å². The molecule has 0 saturated carbocycles. The van der Waals surface area contributed by atoms with Gasteiger partial charge in [0.2, 0.25) is 0 Å². The maximum atomic E-state index is 8.42. The maximum absolute atomic E-state index is 8.42. The van der Waals surface area contributed by atoms with Gasteiger partial charge >= 0.3 is 0 Å². The summed E-state index contributed by atoms with van der Waals surface area (Å²) in [6, 6.07) is 5.38. The summed E-state index contributed by atoms with van der Waals surface area (Å²) in [5.41, 5.74) is 0.766. The van der Waals surface area contributed by atoms with E-state index in [0.717, 1.165) is 18.4 Å². The van der Waals surface area contributed by atoms with Crippen LogP contribution >= 0.6 is 0 Å². The van der Waals surface area contributed by atoms with Gasteiger partial charge in [-0.15, -0.1) is 0 Å². The Morgan fingerprint density at radius 2 is 2.19 bits per heavy atom. The maximum Gasteiger partial charge on any atom is 0.161 e. The van der Waals surface area contributed by atoms with Gasteiger partial charge in [0.25, 0.3) is 0 Å². The molecule has 0 aliphatic carbocycles. The van der Waals surface area contributed by atoms with Crippen LogP contribution in [0.2, 0.25) is 0 Å². The molecule has 88 valence electrons. The predicted octanol–water partition coefficient (Wildman–Crippen LogP) is 2.68. The second kappa shape index (κ2) is 6.71. The lowest BCUT2D eigenvalue weighted by Crippen LogP contribution is -1.99. The van der Waals surface area contributed by atoms with Crippen molar-refractivity contribution in [2.24, 2.45) is 5.16 Å². The van der Waals surface area contributed by atoms with Gasteiger partial charge in [-0.2, -0.15) is 0 Å². The highest BCUT2D eigenvalue weighted by Crippen LogP contribution is 2.27. The van der Waals surface area contributed by atoms with Gasteiger partial charge in [-0.25, -0.2) is 0 Å². The van der Waals surface area contributed by atoms with Crippen LogP contribution in [0.3, 0.4) is 0 Å². The molecule has 1 rings (SSSR count). The summed E-state index contributed by atoms with van der Waals surface area (Å²) in [4.78, 5) is 0. The zero-order valence-electron chi connectivity index (χ0n) is 9.64. The Kier molecular flexibility index (Phi) is 5.19. The third-order valence-corrected chi connectivity index (χ3v) is 2.15. The van der Waals surface area contributed by atoms with E-state index in [1.54, 1.807) is 13.2 Å². The molecule has 0 aromatic heterocycles. The normalized spacial score (nSPS) is 10.6. The van der Waals surface area contributed by atoms with Crippen LogP contribution in [0, 0.1) is 0 Å². The monoisotopic (exact) mass is 223 g/mol. The molecule has 0 aliphatic rings. The minimum Gasteiger partial charge on any atom is -0.493 e. The SMILES string of the molecule is CCCCOc1ccc(C=NO)cc1OC. The van der Waals surface area contributed by atoms with E-state index in [2.05, 4.69) is 12.1 Å². The Labute approximate surface area is 95.5 Å². The molecule has 1 aromatic carbocycles. The number of nitrogens with zero attached hydrogens (tertiary/aromatic N) is 1. The third-order valence-electron chi connectivity index (χ3n) is 2.15. The first-order valence-electron chi connectivity index (χ1n) is 5.30. The Hall–Kier alpha value is -1.71. The number of hydrogen-bond donors (Lipinski definition) is 1. The van der Waals surface area contributed by atoms with Crippen molar-refractivity contribution < 1.29 is 14.7 Å². The molecule has 1 N–H and O–H groups in total. The minimum absolute atomic E-state index is 0.647. The average molecular weight is 223 g/mol. The number of unbranched alkanes of at least 4 members (excludes halogenated alkanes) is 1. The average Bonchev–Trinajstić information content (AvgIpc) is 2.31. The molecular formula is C12H17NO3. The van der Waals surface area contributed by atoms with Crippen molar-refractivity contribution in [1.29, 1.82) is 0 Å². The Morgan fingerprint density at radius 1 is 1.38 bits per heavy atom. The summed E-state index contributed by atoms with van der Waals surface area (Å²) >= 11 is 0. The summed E-state index contributed by atoms with van der Waals surface area (Å²) < 4.78 is 10.8. The van der Waals surface area contributed by atoms with Gasteiger partial charge in [-0.1, -0.05) is 18.5 Å². The minimum atomic E-state index is 0.647. The molecule has 0 atom stereocenters. The molecule has 4 nitrogen and oxygen atoms in total. The number of benzene rings is 1. The van der Waals surface area contributed by atoms with Crippen molar-refractivity contribution >= 4 is 6.21 Å². The molecule has 1 aromatic rings. The molecule has 0 radical (unpaired) electrons. The number of ether oxygens (including phenoxy) is 2. The molecular weight excluding hydrogens is 206 g/mol. The van der Waals surface area contributed by atoms with E-state index in [-0.39, 0.29) is 0 Å². The molecule has 0 heterocycles. The predicted molar refractivity (Wildman–Crippen MR) is 62.8 cm³/mol. The van der Waals surface area contributed by atoms with Crippen LogP contribution in [0.4, 0.5) is 0 Å². The van der Waals surface area contributed by atoms with E-state index in [9.17, 15) is 0 Å². The van der Waals surface area contributed by atoms with Gasteiger partial charge in [0.05, 0.1) is 19.9 Å². The third kappa shape index (κ3) is 3.46. The van der Waals surface area contributed by atoms with E-state index in [1.165, 1.54) is 6.21 Å². The van der Waals surface area contributed by atoms with Gasteiger partial charge < -0.3 is 14.7 Å². The van der Waals surface area contributed by atoms with Gasteiger partial charge in [0.1, 0.15) is 0 Å². The molecule has 16 heavy (non-hydrogen) atoms. The fourth-order valence-corrected chi connectivity index (χ4v) is 1.28. The quantitative estimate of drug-likeness (QED) is 0.349. The van der Waals surface area contributed by atoms with Gasteiger partial charge in [0.15, 0.2) is 11.5 Å². The Balaban J connectivity index is 2.76. The number of rotatable bonds is 6. The van der Waals surface area contributed by atoms with E-state index >= 15 is 0 Å². The van der Waals surface area contributed by atoms with Crippen LogP contribution in [-0.2, 0) is 0 Å². The largest absolute Gasteiger partial charge is 0.493 e. The van der Waals surface area contributed by atoms with E-state index in [0.29, 0.717) is 18.1 Å². The zero-order valence-corrected chi connectivity index (χ0v) is 9.64. The summed E-state index contributed by atoms with van der Waals surface area (Å²) in [7, 11) is 1.59. The van der Waals surface area contributed by atoms with Crippen LogP contribution in [0.25, 0.3) is 0 Å². The molecule has 0 aliphatic heterocycles. The molecule has 4 heteroatoms. The fraction of sp³-hybridized carbons (Fsp3) is 0.417. The number of oxime groups is 1. The van der Waals surface area contributed by atoms with Crippen molar-refractivity contribution in [3.8, 4) is 11.5 Å². The lowest BCUT2D eigenvalue weighted by molar-refractivity contribution is 0.288. The fourth-order valence-electron chi connectivity index (χ4n) is 1.28. The standard InChI is InChI=1S/C12H17NO3/c1-3-4-7-16-11-6-5-10(9-13-14)8-12(11)15-2/h5-6,8-9,14H,3-4,7H2,1-2H3. The lowest BCUT2D eigenvalue weighted by Gasteiger charge is -2.10. The van der Waals surface area contributed by atoms with E-state index < -0.39 is 0 Å². The molecule has 0 amide bonds. The zero-order chi connectivity index (χ0) is 11.8. The highest BCUT2D eigenvalue weighted by molar-refractivity contribution is 5.80. The van der Waals surface area contributed by atoms with Gasteiger partial charge in [0, 0.05) is 5.56 Å². The van der Waals surface area contributed by atoms with E-state index in [1.807, 2.05) is 12.1 Å². The Morgan fingerprint density at radius 3 is 2.81 bits per heavy atom. The Bertz CT molecular complexity index is 350. The molecule has 0 saturated heterocycles. The van der Waals surface area contributed by atoms with Crippen LogP contribution in [0.1, 0.15) is 25.3 Å². The van der Waals surface area contributed by atoms with Crippen molar-refractivity contribution in [2.75, 3.05) is 13.7 Å². The molecule has 0 unspecified atom stereocenters. The van der Waals surface area contributed by atoms with Crippen LogP contribution in [0.15, 0.2) is 23.4 Å². The number of hydrogen-bond acceptors (Lipinski definition) is 4. The topological polar surface area (TPSA) is 51.0 Å². The smallest absolute Gasteiger partial charge is 0.161 e. The summed E-state index contributed by atoms with van der Waals surface area (Å²) in [5.74, 6) is 1.36. The van der Waals surface area contributed by atoms with Crippen molar-refractivity contribution in [3.63, 3.8) is 0 Å². The lowest BCUT2D eigenvalue weighted by atomic mass is 10.2.